The quantitative estimate of drug-likeness (QED) is 0.837. The van der Waals surface area contributed by atoms with Gasteiger partial charge in [0.05, 0.1) is 13.0 Å². The van der Waals surface area contributed by atoms with E-state index < -0.39 is 12.6 Å². The van der Waals surface area contributed by atoms with Gasteiger partial charge in [0.15, 0.2) is 0 Å². The molecule has 0 radical (unpaired) electrons. The van der Waals surface area contributed by atoms with Gasteiger partial charge in [-0.25, -0.2) is 0 Å². The SMILES string of the molecule is C/C=C/c1ccc([C@@H]2[C@@H](CO)N3CCCCN(CCC(F)(F)F)C[C@@H]23)cc1. The summed E-state index contributed by atoms with van der Waals surface area (Å²) < 4.78 is 38.0. The van der Waals surface area contributed by atoms with E-state index in [1.807, 2.05) is 24.0 Å². The van der Waals surface area contributed by atoms with Gasteiger partial charge in [0, 0.05) is 31.1 Å². The molecule has 2 saturated heterocycles. The van der Waals surface area contributed by atoms with Crippen molar-refractivity contribution < 1.29 is 18.3 Å². The molecular weight excluding hydrogens is 353 g/mol. The first-order valence-electron chi connectivity index (χ1n) is 9.81. The highest BCUT2D eigenvalue weighted by atomic mass is 19.4. The van der Waals surface area contributed by atoms with Crippen LogP contribution >= 0.6 is 0 Å². The highest BCUT2D eigenvalue weighted by molar-refractivity contribution is 5.50. The van der Waals surface area contributed by atoms with E-state index in [1.54, 1.807) is 0 Å². The van der Waals surface area contributed by atoms with Crippen LogP contribution in [0.3, 0.4) is 0 Å². The van der Waals surface area contributed by atoms with Crippen molar-refractivity contribution in [2.45, 2.75) is 50.4 Å². The molecule has 2 aliphatic rings. The molecule has 0 amide bonds. The minimum Gasteiger partial charge on any atom is -0.395 e. The van der Waals surface area contributed by atoms with Crippen LogP contribution in [0.2, 0.25) is 0 Å². The summed E-state index contributed by atoms with van der Waals surface area (Å²) in [6, 6.07) is 8.55. The molecule has 2 aliphatic heterocycles. The average Bonchev–Trinajstić information content (AvgIpc) is 2.60. The zero-order valence-electron chi connectivity index (χ0n) is 15.8. The zero-order chi connectivity index (χ0) is 19.4. The molecule has 150 valence electrons. The Morgan fingerprint density at radius 1 is 1.15 bits per heavy atom. The molecule has 3 atom stereocenters. The lowest BCUT2D eigenvalue weighted by Gasteiger charge is -2.57. The maximum atomic E-state index is 12.7. The number of alkyl halides is 3. The fraction of sp³-hybridized carbons (Fsp3) is 0.619. The second-order valence-electron chi connectivity index (χ2n) is 7.62. The maximum Gasteiger partial charge on any atom is 0.390 e. The predicted octanol–water partition coefficient (Wildman–Crippen LogP) is 3.90. The van der Waals surface area contributed by atoms with Gasteiger partial charge in [0.1, 0.15) is 0 Å². The summed E-state index contributed by atoms with van der Waals surface area (Å²) in [5.41, 5.74) is 2.29. The molecular formula is C21H29F3N2O. The monoisotopic (exact) mass is 382 g/mol. The standard InChI is InChI=1S/C21H29F3N2O/c1-2-5-16-6-8-17(9-7-16)20-18-14-25(13-10-21(22,23)24)11-3-4-12-26(18)19(20)15-27/h2,5-9,18-20,27H,3-4,10-15H2,1H3/b5-2+/t18-,19+,20-/m0/s1. The Balaban J connectivity index is 1.75. The van der Waals surface area contributed by atoms with Crippen molar-refractivity contribution in [3.05, 3.63) is 41.5 Å². The predicted molar refractivity (Wildman–Crippen MR) is 102 cm³/mol. The Hall–Kier alpha value is -1.37. The third kappa shape index (κ3) is 4.92. The molecule has 1 N–H and O–H groups in total. The molecule has 2 heterocycles. The van der Waals surface area contributed by atoms with Gasteiger partial charge in [0.2, 0.25) is 0 Å². The number of hydrogen-bond donors (Lipinski definition) is 1. The van der Waals surface area contributed by atoms with E-state index in [2.05, 4.69) is 29.2 Å². The van der Waals surface area contributed by atoms with Crippen molar-refractivity contribution in [2.24, 2.45) is 0 Å². The van der Waals surface area contributed by atoms with Crippen LogP contribution < -0.4 is 0 Å². The van der Waals surface area contributed by atoms with Crippen LogP contribution in [0, 0.1) is 0 Å². The molecule has 0 saturated carbocycles. The number of halogens is 3. The molecule has 0 bridgehead atoms. The summed E-state index contributed by atoms with van der Waals surface area (Å²) in [6.45, 7) is 4.38. The summed E-state index contributed by atoms with van der Waals surface area (Å²) >= 11 is 0. The molecule has 2 fully saturated rings. The lowest BCUT2D eigenvalue weighted by molar-refractivity contribution is -0.140. The Morgan fingerprint density at radius 2 is 1.85 bits per heavy atom. The van der Waals surface area contributed by atoms with Crippen LogP contribution in [0.5, 0.6) is 0 Å². The largest absolute Gasteiger partial charge is 0.395 e. The Kier molecular flexibility index (Phi) is 6.61. The number of hydrogen-bond acceptors (Lipinski definition) is 3. The van der Waals surface area contributed by atoms with Crippen LogP contribution in [0.25, 0.3) is 6.08 Å². The Labute approximate surface area is 159 Å². The molecule has 1 aromatic carbocycles. The van der Waals surface area contributed by atoms with Crippen LogP contribution in [-0.2, 0) is 0 Å². The molecule has 0 aliphatic carbocycles. The summed E-state index contributed by atoms with van der Waals surface area (Å²) in [4.78, 5) is 4.25. The van der Waals surface area contributed by atoms with Gasteiger partial charge in [-0.2, -0.15) is 13.2 Å². The van der Waals surface area contributed by atoms with E-state index in [0.717, 1.165) is 31.5 Å². The van der Waals surface area contributed by atoms with Crippen LogP contribution in [0.1, 0.15) is 43.2 Å². The summed E-state index contributed by atoms with van der Waals surface area (Å²) in [5, 5.41) is 9.92. The lowest BCUT2D eigenvalue weighted by atomic mass is 9.74. The molecule has 0 spiro atoms. The third-order valence-electron chi connectivity index (χ3n) is 5.85. The zero-order valence-corrected chi connectivity index (χ0v) is 15.8. The number of aliphatic hydroxyl groups excluding tert-OH is 1. The molecule has 1 aromatic rings. The van der Waals surface area contributed by atoms with E-state index in [1.165, 1.54) is 5.56 Å². The van der Waals surface area contributed by atoms with Crippen molar-refractivity contribution in [3.63, 3.8) is 0 Å². The number of allylic oxidation sites excluding steroid dienone is 1. The smallest absolute Gasteiger partial charge is 0.390 e. The van der Waals surface area contributed by atoms with Crippen molar-refractivity contribution in [1.29, 1.82) is 0 Å². The third-order valence-corrected chi connectivity index (χ3v) is 5.85. The summed E-state index contributed by atoms with van der Waals surface area (Å²) in [5.74, 6) is 0.168. The van der Waals surface area contributed by atoms with Crippen molar-refractivity contribution in [3.8, 4) is 0 Å². The van der Waals surface area contributed by atoms with Gasteiger partial charge in [-0.1, -0.05) is 36.4 Å². The van der Waals surface area contributed by atoms with E-state index >= 15 is 0 Å². The first-order valence-corrected chi connectivity index (χ1v) is 9.81. The molecule has 6 heteroatoms. The summed E-state index contributed by atoms with van der Waals surface area (Å²) in [6.07, 6.45) is 1.02. The lowest BCUT2D eigenvalue weighted by Crippen LogP contribution is -2.67. The number of nitrogens with zero attached hydrogens (tertiary/aromatic N) is 2. The van der Waals surface area contributed by atoms with Gasteiger partial charge in [-0.15, -0.1) is 0 Å². The average molecular weight is 382 g/mol. The second-order valence-corrected chi connectivity index (χ2v) is 7.62. The van der Waals surface area contributed by atoms with Crippen LogP contribution in [0.4, 0.5) is 13.2 Å². The van der Waals surface area contributed by atoms with E-state index in [-0.39, 0.29) is 31.2 Å². The van der Waals surface area contributed by atoms with Gasteiger partial charge in [-0.3, -0.25) is 4.90 Å². The van der Waals surface area contributed by atoms with Crippen LogP contribution in [0.15, 0.2) is 30.3 Å². The van der Waals surface area contributed by atoms with Crippen molar-refractivity contribution in [1.82, 2.24) is 9.80 Å². The number of fused-ring (bicyclic) bond motifs is 1. The topological polar surface area (TPSA) is 26.7 Å². The molecule has 3 rings (SSSR count). The fourth-order valence-corrected chi connectivity index (χ4v) is 4.52. The number of benzene rings is 1. The molecule has 27 heavy (non-hydrogen) atoms. The maximum absolute atomic E-state index is 12.7. The minimum absolute atomic E-state index is 0.0601. The Morgan fingerprint density at radius 3 is 2.48 bits per heavy atom. The normalized spacial score (nSPS) is 27.8. The van der Waals surface area contributed by atoms with Crippen molar-refractivity contribution >= 4 is 6.08 Å². The molecule has 0 unspecified atom stereocenters. The molecule has 3 nitrogen and oxygen atoms in total. The summed E-state index contributed by atoms with van der Waals surface area (Å²) in [7, 11) is 0. The van der Waals surface area contributed by atoms with E-state index in [4.69, 9.17) is 0 Å². The fourth-order valence-electron chi connectivity index (χ4n) is 4.52. The van der Waals surface area contributed by atoms with Gasteiger partial charge in [-0.05, 0) is 44.0 Å². The van der Waals surface area contributed by atoms with Gasteiger partial charge in [0.25, 0.3) is 0 Å². The minimum atomic E-state index is -4.11. The van der Waals surface area contributed by atoms with Crippen LogP contribution in [-0.4, -0.2) is 66.0 Å². The highest BCUT2D eigenvalue weighted by Crippen LogP contribution is 2.42. The van der Waals surface area contributed by atoms with Gasteiger partial charge < -0.3 is 10.0 Å². The van der Waals surface area contributed by atoms with E-state index in [9.17, 15) is 18.3 Å². The van der Waals surface area contributed by atoms with E-state index in [0.29, 0.717) is 6.54 Å². The molecule has 0 aromatic heterocycles. The number of rotatable bonds is 5. The number of aliphatic hydroxyl groups is 1. The first-order chi connectivity index (χ1) is 12.9. The Bertz CT molecular complexity index is 629. The van der Waals surface area contributed by atoms with Gasteiger partial charge >= 0.3 is 6.18 Å². The second kappa shape index (κ2) is 8.76. The first kappa shape index (κ1) is 20.4. The van der Waals surface area contributed by atoms with Crippen molar-refractivity contribution in [2.75, 3.05) is 32.8 Å². The highest BCUT2D eigenvalue weighted by Gasteiger charge is 2.49.